The van der Waals surface area contributed by atoms with Gasteiger partial charge in [0.15, 0.2) is 0 Å². The zero-order valence-electron chi connectivity index (χ0n) is 12.9. The number of hydrogen-bond donors (Lipinski definition) is 1. The minimum absolute atomic E-state index is 0. The minimum Gasteiger partial charge on any atom is -1.00 e. The number of nitro benzene ring substituents is 1. The average molecular weight is 334 g/mol. The molecule has 22 heavy (non-hydrogen) atoms. The first-order valence-electron chi connectivity index (χ1n) is 5.83. The van der Waals surface area contributed by atoms with Crippen LogP contribution in [-0.4, -0.2) is 13.3 Å². The zero-order chi connectivity index (χ0) is 15.6. The largest absolute Gasteiger partial charge is 1.00 e. The molecule has 2 aromatic rings. The molecule has 0 radical (unpaired) electrons. The molecule has 2 rings (SSSR count). The van der Waals surface area contributed by atoms with Crippen molar-refractivity contribution in [1.29, 1.82) is 0 Å². The average Bonchev–Trinajstić information content (AvgIpc) is 2.41. The topological polar surface area (TPSA) is 89.3 Å². The predicted octanol–water partition coefficient (Wildman–Crippen LogP) is -0.0404. The molecule has 0 unspecified atom stereocenters. The minimum atomic E-state index is -3.98. The summed E-state index contributed by atoms with van der Waals surface area (Å²) in [6, 6.07) is 8.59. The quantitative estimate of drug-likeness (QED) is 0.483. The van der Waals surface area contributed by atoms with Crippen LogP contribution in [-0.2, 0) is 10.0 Å². The van der Waals surface area contributed by atoms with Crippen molar-refractivity contribution in [1.82, 2.24) is 0 Å². The Morgan fingerprint density at radius 1 is 1.18 bits per heavy atom. The Bertz CT molecular complexity index is 800. The molecule has 0 aromatic heterocycles. The van der Waals surface area contributed by atoms with Gasteiger partial charge in [0.25, 0.3) is 15.7 Å². The summed E-state index contributed by atoms with van der Waals surface area (Å²) in [4.78, 5) is 9.96. The smallest absolute Gasteiger partial charge is 1.00 e. The van der Waals surface area contributed by atoms with Crippen molar-refractivity contribution in [2.45, 2.75) is 11.8 Å². The van der Waals surface area contributed by atoms with E-state index in [0.29, 0.717) is 6.07 Å². The van der Waals surface area contributed by atoms with Crippen molar-refractivity contribution in [3.63, 3.8) is 0 Å². The number of nitro groups is 1. The fourth-order valence-electron chi connectivity index (χ4n) is 1.66. The SMILES string of the molecule is Cc1ccc(S(=O)(=O)Nc2ccc(F)cc2[N+](=O)[O-])cc1.[H-].[Na+]. The van der Waals surface area contributed by atoms with Gasteiger partial charge in [-0.3, -0.25) is 14.8 Å². The molecule has 112 valence electrons. The second-order valence-electron chi connectivity index (χ2n) is 4.34. The van der Waals surface area contributed by atoms with Gasteiger partial charge >= 0.3 is 29.6 Å². The van der Waals surface area contributed by atoms with Crippen LogP contribution in [0.1, 0.15) is 6.99 Å². The van der Waals surface area contributed by atoms with Crippen LogP contribution in [0.4, 0.5) is 15.8 Å². The van der Waals surface area contributed by atoms with E-state index in [9.17, 15) is 22.9 Å². The second-order valence-corrected chi connectivity index (χ2v) is 6.02. The van der Waals surface area contributed by atoms with Crippen LogP contribution in [0.2, 0.25) is 0 Å². The monoisotopic (exact) mass is 334 g/mol. The van der Waals surface area contributed by atoms with Crippen LogP contribution in [0.3, 0.4) is 0 Å². The van der Waals surface area contributed by atoms with E-state index >= 15 is 0 Å². The molecule has 9 heteroatoms. The zero-order valence-corrected chi connectivity index (χ0v) is 14.7. The number of anilines is 1. The summed E-state index contributed by atoms with van der Waals surface area (Å²) >= 11 is 0. The third kappa shape index (κ3) is 4.26. The number of aryl methyl sites for hydroxylation is 1. The van der Waals surface area contributed by atoms with Crippen LogP contribution in [0.25, 0.3) is 0 Å². The van der Waals surface area contributed by atoms with Crippen LogP contribution in [0.15, 0.2) is 47.4 Å². The molecule has 0 spiro atoms. The second kappa shape index (κ2) is 7.19. The molecule has 0 fully saturated rings. The van der Waals surface area contributed by atoms with Crippen molar-refractivity contribution in [2.24, 2.45) is 0 Å². The van der Waals surface area contributed by atoms with Gasteiger partial charge in [0, 0.05) is 0 Å². The maximum absolute atomic E-state index is 13.0. The number of benzene rings is 2. The summed E-state index contributed by atoms with van der Waals surface area (Å²) in [7, 11) is -3.98. The molecular weight excluding hydrogens is 322 g/mol. The Morgan fingerprint density at radius 3 is 2.32 bits per heavy atom. The van der Waals surface area contributed by atoms with Crippen molar-refractivity contribution in [3.05, 3.63) is 64.0 Å². The van der Waals surface area contributed by atoms with Crippen LogP contribution in [0.5, 0.6) is 0 Å². The third-order valence-corrected chi connectivity index (χ3v) is 4.11. The van der Waals surface area contributed by atoms with E-state index in [4.69, 9.17) is 0 Å². The number of rotatable bonds is 4. The molecule has 0 amide bonds. The van der Waals surface area contributed by atoms with E-state index in [1.54, 1.807) is 19.1 Å². The molecule has 6 nitrogen and oxygen atoms in total. The molecule has 0 saturated carbocycles. The number of sulfonamides is 1. The molecule has 0 heterocycles. The van der Waals surface area contributed by atoms with Crippen LogP contribution >= 0.6 is 0 Å². The van der Waals surface area contributed by atoms with Crippen molar-refractivity contribution >= 4 is 21.4 Å². The van der Waals surface area contributed by atoms with Gasteiger partial charge in [-0.1, -0.05) is 17.7 Å². The molecule has 0 aliphatic heterocycles. The summed E-state index contributed by atoms with van der Waals surface area (Å²) < 4.78 is 39.4. The maximum Gasteiger partial charge on any atom is 1.00 e. The van der Waals surface area contributed by atoms with E-state index in [0.717, 1.165) is 17.7 Å². The molecule has 1 N–H and O–H groups in total. The van der Waals surface area contributed by atoms with E-state index in [1.807, 2.05) is 0 Å². The van der Waals surface area contributed by atoms with E-state index in [1.165, 1.54) is 12.1 Å². The van der Waals surface area contributed by atoms with Crippen molar-refractivity contribution in [3.8, 4) is 0 Å². The first-order chi connectivity index (χ1) is 9.79. The summed E-state index contributed by atoms with van der Waals surface area (Å²) in [5, 5.41) is 10.8. The summed E-state index contributed by atoms with van der Waals surface area (Å²) in [6.45, 7) is 1.80. The van der Waals surface area contributed by atoms with Crippen LogP contribution < -0.4 is 34.3 Å². The van der Waals surface area contributed by atoms with Gasteiger partial charge in [-0.05, 0) is 31.2 Å². The summed E-state index contributed by atoms with van der Waals surface area (Å²) in [5.74, 6) is -0.819. The Hall–Kier alpha value is -1.48. The predicted molar refractivity (Wildman–Crippen MR) is 76.2 cm³/mol. The first kappa shape index (κ1) is 18.6. The number of nitrogens with zero attached hydrogens (tertiary/aromatic N) is 1. The summed E-state index contributed by atoms with van der Waals surface area (Å²) in [5.41, 5.74) is -0.0608. The van der Waals surface area contributed by atoms with E-state index in [-0.39, 0.29) is 41.6 Å². The Kier molecular flexibility index (Phi) is 6.07. The van der Waals surface area contributed by atoms with Crippen LogP contribution in [0, 0.1) is 22.9 Å². The van der Waals surface area contributed by atoms with Gasteiger partial charge < -0.3 is 1.43 Å². The van der Waals surface area contributed by atoms with Gasteiger partial charge in [0.05, 0.1) is 15.9 Å². The Labute approximate surface area is 150 Å². The van der Waals surface area contributed by atoms with E-state index in [2.05, 4.69) is 4.72 Å². The normalized spacial score (nSPS) is 10.6. The Morgan fingerprint density at radius 2 is 1.77 bits per heavy atom. The van der Waals surface area contributed by atoms with E-state index < -0.39 is 26.5 Å². The molecule has 0 atom stereocenters. The van der Waals surface area contributed by atoms with Crippen molar-refractivity contribution in [2.75, 3.05) is 4.72 Å². The first-order valence-corrected chi connectivity index (χ1v) is 7.31. The fraction of sp³-hybridized carbons (Fsp3) is 0.0769. The van der Waals surface area contributed by atoms with Gasteiger partial charge in [-0.15, -0.1) is 0 Å². The summed E-state index contributed by atoms with van der Waals surface area (Å²) in [6.07, 6.45) is 0. The molecule has 0 bridgehead atoms. The van der Waals surface area contributed by atoms with Crippen molar-refractivity contribution < 1.29 is 48.7 Å². The standard InChI is InChI=1S/C13H11FN2O4S.Na.H/c1-9-2-5-11(6-3-9)21(19,20)15-12-7-4-10(14)8-13(12)16(17)18;;/h2-8,15H,1H3;;/q;+1;-1. The maximum atomic E-state index is 13.0. The Balaban J connectivity index is 0.00000242. The number of halogens is 1. The molecular formula is C13H12FN2NaO4S. The fourth-order valence-corrected chi connectivity index (χ4v) is 2.74. The molecule has 0 saturated heterocycles. The molecule has 0 aliphatic carbocycles. The number of nitrogens with one attached hydrogen (secondary N) is 1. The third-order valence-electron chi connectivity index (χ3n) is 2.73. The molecule has 2 aromatic carbocycles. The van der Waals surface area contributed by atoms with Gasteiger partial charge in [0.2, 0.25) is 0 Å². The van der Waals surface area contributed by atoms with Gasteiger partial charge in [0.1, 0.15) is 11.5 Å². The number of hydrogen-bond acceptors (Lipinski definition) is 4. The van der Waals surface area contributed by atoms with Gasteiger partial charge in [-0.25, -0.2) is 12.8 Å². The molecule has 0 aliphatic rings. The van der Waals surface area contributed by atoms with Gasteiger partial charge in [-0.2, -0.15) is 0 Å².